The molecule has 0 amide bonds. The molecule has 8 aromatic carbocycles. The third-order valence-corrected chi connectivity index (χ3v) is 10.2. The summed E-state index contributed by atoms with van der Waals surface area (Å²) in [6.45, 7) is 0. The quantitative estimate of drug-likeness (QED) is 0.173. The third kappa shape index (κ3) is 5.30. The molecule has 0 spiro atoms. The zero-order chi connectivity index (χ0) is 31.9. The van der Waals surface area contributed by atoms with Gasteiger partial charge in [-0.2, -0.15) is 0 Å². The smallest absolute Gasteiger partial charge is 0.00268 e. The maximum absolute atomic E-state index is 2.42. The Morgan fingerprint density at radius 2 is 0.604 bits per heavy atom. The van der Waals surface area contributed by atoms with Gasteiger partial charge in [-0.1, -0.05) is 169 Å². The molecule has 9 rings (SSSR count). The van der Waals surface area contributed by atoms with E-state index in [1.165, 1.54) is 76.5 Å². The fourth-order valence-electron chi connectivity index (χ4n) is 7.79. The lowest BCUT2D eigenvalue weighted by Gasteiger charge is -2.18. The number of hydrogen-bond donors (Lipinski definition) is 0. The van der Waals surface area contributed by atoms with Gasteiger partial charge in [-0.3, -0.25) is 0 Å². The van der Waals surface area contributed by atoms with Crippen LogP contribution in [0, 0.1) is 0 Å². The van der Waals surface area contributed by atoms with Gasteiger partial charge >= 0.3 is 0 Å². The van der Waals surface area contributed by atoms with Crippen molar-refractivity contribution in [2.45, 2.75) is 25.7 Å². The summed E-state index contributed by atoms with van der Waals surface area (Å²) >= 11 is 0. The summed E-state index contributed by atoms with van der Waals surface area (Å²) < 4.78 is 0. The van der Waals surface area contributed by atoms with Gasteiger partial charge < -0.3 is 0 Å². The summed E-state index contributed by atoms with van der Waals surface area (Å²) in [5.41, 5.74) is 10.9. The van der Waals surface area contributed by atoms with Crippen LogP contribution in [0.5, 0.6) is 0 Å². The first kappa shape index (κ1) is 28.5. The van der Waals surface area contributed by atoms with Crippen LogP contribution in [0.15, 0.2) is 169 Å². The van der Waals surface area contributed by atoms with Gasteiger partial charge in [-0.25, -0.2) is 0 Å². The molecule has 0 aliphatic heterocycles. The van der Waals surface area contributed by atoms with E-state index >= 15 is 0 Å². The Bertz CT molecular complexity index is 2220. The Morgan fingerprint density at radius 1 is 0.312 bits per heavy atom. The van der Waals surface area contributed by atoms with Crippen molar-refractivity contribution in [2.24, 2.45) is 0 Å². The van der Waals surface area contributed by atoms with Crippen molar-refractivity contribution in [3.63, 3.8) is 0 Å². The number of benzene rings is 8. The van der Waals surface area contributed by atoms with Crippen LogP contribution in [0.2, 0.25) is 0 Å². The van der Waals surface area contributed by atoms with Crippen molar-refractivity contribution in [3.8, 4) is 22.3 Å². The van der Waals surface area contributed by atoms with Crippen LogP contribution >= 0.6 is 0 Å². The van der Waals surface area contributed by atoms with E-state index in [-0.39, 0.29) is 0 Å². The Morgan fingerprint density at radius 3 is 0.917 bits per heavy atom. The van der Waals surface area contributed by atoms with Crippen molar-refractivity contribution < 1.29 is 0 Å². The third-order valence-electron chi connectivity index (χ3n) is 10.2. The van der Waals surface area contributed by atoms with Crippen LogP contribution in [0.1, 0.15) is 36.8 Å². The summed E-state index contributed by atoms with van der Waals surface area (Å²) in [4.78, 5) is 0. The molecule has 0 radical (unpaired) electrons. The average molecular weight is 613 g/mol. The minimum absolute atomic E-state index is 1.13. The van der Waals surface area contributed by atoms with Crippen molar-refractivity contribution in [2.75, 3.05) is 0 Å². The Labute approximate surface area is 282 Å². The zero-order valence-electron chi connectivity index (χ0n) is 27.0. The van der Waals surface area contributed by atoms with E-state index in [1.54, 1.807) is 11.1 Å². The average Bonchev–Trinajstić information content (AvgIpc) is 3.14. The van der Waals surface area contributed by atoms with Crippen LogP contribution in [0.25, 0.3) is 77.5 Å². The molecule has 228 valence electrons. The van der Waals surface area contributed by atoms with E-state index < -0.39 is 0 Å². The molecular formula is C48H36. The van der Waals surface area contributed by atoms with Gasteiger partial charge in [0, 0.05) is 0 Å². The maximum atomic E-state index is 2.42. The zero-order valence-corrected chi connectivity index (χ0v) is 27.0. The van der Waals surface area contributed by atoms with Gasteiger partial charge in [0.1, 0.15) is 0 Å². The SMILES string of the molecule is C(=C1CCC(=Cc2ccc(-c3c4ccccc4cc4ccccc34)cc2)CC1)c1ccc(-c2c3ccccc3cc3ccccc23)cc1. The molecule has 1 saturated carbocycles. The molecule has 0 heterocycles. The highest BCUT2D eigenvalue weighted by Gasteiger charge is 2.13. The Balaban J connectivity index is 0.930. The second-order valence-electron chi connectivity index (χ2n) is 13.2. The molecule has 0 saturated heterocycles. The second kappa shape index (κ2) is 12.1. The molecule has 48 heavy (non-hydrogen) atoms. The molecule has 0 N–H and O–H groups in total. The van der Waals surface area contributed by atoms with Crippen LogP contribution in [0.3, 0.4) is 0 Å². The second-order valence-corrected chi connectivity index (χ2v) is 13.2. The van der Waals surface area contributed by atoms with E-state index in [0.29, 0.717) is 0 Å². The minimum Gasteiger partial charge on any atom is -0.0690 e. The number of rotatable bonds is 4. The predicted molar refractivity (Wildman–Crippen MR) is 208 cm³/mol. The molecule has 0 atom stereocenters. The van der Waals surface area contributed by atoms with Crippen molar-refractivity contribution in [1.82, 2.24) is 0 Å². The van der Waals surface area contributed by atoms with Gasteiger partial charge in [-0.15, -0.1) is 0 Å². The van der Waals surface area contributed by atoms with Crippen LogP contribution in [-0.4, -0.2) is 0 Å². The van der Waals surface area contributed by atoms with Gasteiger partial charge in [0.25, 0.3) is 0 Å². The molecular weight excluding hydrogens is 577 g/mol. The Kier molecular flexibility index (Phi) is 7.21. The molecule has 0 bridgehead atoms. The summed E-state index contributed by atoms with van der Waals surface area (Å²) in [6.07, 6.45) is 9.35. The maximum Gasteiger partial charge on any atom is -0.00268 e. The summed E-state index contributed by atoms with van der Waals surface area (Å²) in [6, 6.07) is 58.0. The standard InChI is InChI=1S/C48H36/c1-5-13-43-39(9-1)31-40-10-2-6-14-44(40)47(43)37-25-21-35(22-26-37)29-33-17-19-34(20-18-33)30-36-23-27-38(28-24-36)48-45-15-7-3-11-41(45)32-42-12-4-8-16-46(42)48/h1-16,21-32H,17-20H2. The van der Waals surface area contributed by atoms with Crippen LogP contribution in [-0.2, 0) is 0 Å². The molecule has 8 aromatic rings. The summed E-state index contributed by atoms with van der Waals surface area (Å²) in [5, 5.41) is 10.4. The van der Waals surface area contributed by atoms with Gasteiger partial charge in [0.05, 0.1) is 0 Å². The molecule has 1 aliphatic rings. The largest absolute Gasteiger partial charge is 0.0690 e. The monoisotopic (exact) mass is 612 g/mol. The van der Waals surface area contributed by atoms with Crippen molar-refractivity contribution >= 4 is 55.2 Å². The van der Waals surface area contributed by atoms with E-state index in [2.05, 4.69) is 170 Å². The van der Waals surface area contributed by atoms with E-state index in [9.17, 15) is 0 Å². The lowest BCUT2D eigenvalue weighted by molar-refractivity contribution is 0.739. The molecule has 0 nitrogen and oxygen atoms in total. The predicted octanol–water partition coefficient (Wildman–Crippen LogP) is 13.7. The molecule has 0 aromatic heterocycles. The van der Waals surface area contributed by atoms with E-state index in [0.717, 1.165) is 25.7 Å². The topological polar surface area (TPSA) is 0 Å². The van der Waals surface area contributed by atoms with Gasteiger partial charge in [0.15, 0.2) is 0 Å². The lowest BCUT2D eigenvalue weighted by atomic mass is 9.87. The molecule has 0 heteroatoms. The van der Waals surface area contributed by atoms with Crippen molar-refractivity contribution in [1.29, 1.82) is 0 Å². The highest BCUT2D eigenvalue weighted by Crippen LogP contribution is 2.39. The minimum atomic E-state index is 1.13. The van der Waals surface area contributed by atoms with Crippen LogP contribution in [0.4, 0.5) is 0 Å². The first-order valence-electron chi connectivity index (χ1n) is 17.2. The van der Waals surface area contributed by atoms with Gasteiger partial charge in [-0.05, 0) is 114 Å². The molecule has 0 unspecified atom stereocenters. The normalized spacial score (nSPS) is 13.4. The highest BCUT2D eigenvalue weighted by molar-refractivity contribution is 6.13. The fourth-order valence-corrected chi connectivity index (χ4v) is 7.79. The van der Waals surface area contributed by atoms with Crippen LogP contribution < -0.4 is 0 Å². The van der Waals surface area contributed by atoms with Gasteiger partial charge in [0.2, 0.25) is 0 Å². The number of fused-ring (bicyclic) bond motifs is 4. The molecule has 1 fully saturated rings. The van der Waals surface area contributed by atoms with Crippen molar-refractivity contribution in [3.05, 3.63) is 180 Å². The first-order valence-corrected chi connectivity index (χ1v) is 17.2. The lowest BCUT2D eigenvalue weighted by Crippen LogP contribution is -1.97. The first-order chi connectivity index (χ1) is 23.8. The number of hydrogen-bond acceptors (Lipinski definition) is 0. The number of allylic oxidation sites excluding steroid dienone is 2. The highest BCUT2D eigenvalue weighted by atomic mass is 14.2. The summed E-state index contributed by atoms with van der Waals surface area (Å²) in [5.74, 6) is 0. The molecule has 1 aliphatic carbocycles. The Hall–Kier alpha value is -5.72. The van der Waals surface area contributed by atoms with E-state index in [1.807, 2.05) is 0 Å². The van der Waals surface area contributed by atoms with E-state index in [4.69, 9.17) is 0 Å². The summed E-state index contributed by atoms with van der Waals surface area (Å²) in [7, 11) is 0. The fraction of sp³-hybridized carbons (Fsp3) is 0.0833.